The Morgan fingerprint density at radius 2 is 1.54 bits per heavy atom. The summed E-state index contributed by atoms with van der Waals surface area (Å²) in [7, 11) is 0. The van der Waals surface area contributed by atoms with Crippen LogP contribution in [-0.4, -0.2) is 18.4 Å². The zero-order valence-electron chi connectivity index (χ0n) is 16.7. The molecule has 0 aliphatic heterocycles. The first kappa shape index (κ1) is 20.5. The zero-order chi connectivity index (χ0) is 19.1. The van der Waals surface area contributed by atoms with Gasteiger partial charge in [-0.3, -0.25) is 9.59 Å². The maximum Gasteiger partial charge on any atom is 0.227 e. The van der Waals surface area contributed by atoms with Crippen molar-refractivity contribution in [2.45, 2.75) is 65.7 Å². The standard InChI is InChI=1S/C22H34N2O2/c1-15(2)13-14-23-21(25)17-9-11-18(12-10-17)22(26)24-20-8-6-5-7-19(20)16(3)4/h5-8,15-18H,9-14H2,1-4H3,(H,23,25)(H,24,26). The fourth-order valence-electron chi connectivity index (χ4n) is 3.60. The quantitative estimate of drug-likeness (QED) is 0.741. The minimum Gasteiger partial charge on any atom is -0.356 e. The Balaban J connectivity index is 1.82. The van der Waals surface area contributed by atoms with Gasteiger partial charge >= 0.3 is 0 Å². The number of amides is 2. The Morgan fingerprint density at radius 1 is 0.962 bits per heavy atom. The molecule has 0 aromatic heterocycles. The van der Waals surface area contributed by atoms with Gasteiger partial charge in [0, 0.05) is 24.1 Å². The van der Waals surface area contributed by atoms with E-state index in [0.29, 0.717) is 11.8 Å². The smallest absolute Gasteiger partial charge is 0.227 e. The second-order valence-corrected chi connectivity index (χ2v) is 8.25. The predicted octanol–water partition coefficient (Wildman–Crippen LogP) is 4.72. The third-order valence-corrected chi connectivity index (χ3v) is 5.33. The van der Waals surface area contributed by atoms with Gasteiger partial charge in [-0.25, -0.2) is 0 Å². The zero-order valence-corrected chi connectivity index (χ0v) is 16.7. The number of hydrogen-bond acceptors (Lipinski definition) is 2. The summed E-state index contributed by atoms with van der Waals surface area (Å²) in [5.41, 5.74) is 2.08. The molecule has 4 heteroatoms. The van der Waals surface area contributed by atoms with Crippen molar-refractivity contribution in [3.05, 3.63) is 29.8 Å². The van der Waals surface area contributed by atoms with E-state index in [-0.39, 0.29) is 23.7 Å². The van der Waals surface area contributed by atoms with Crippen LogP contribution in [0.4, 0.5) is 5.69 Å². The van der Waals surface area contributed by atoms with E-state index in [2.05, 4.69) is 44.4 Å². The summed E-state index contributed by atoms with van der Waals surface area (Å²) >= 11 is 0. The van der Waals surface area contributed by atoms with E-state index < -0.39 is 0 Å². The molecule has 1 fully saturated rings. The molecular formula is C22H34N2O2. The van der Waals surface area contributed by atoms with Crippen LogP contribution in [0.3, 0.4) is 0 Å². The molecule has 1 aliphatic rings. The van der Waals surface area contributed by atoms with E-state index in [4.69, 9.17) is 0 Å². The molecule has 1 aromatic carbocycles. The summed E-state index contributed by atoms with van der Waals surface area (Å²) in [6.07, 6.45) is 4.20. The van der Waals surface area contributed by atoms with Crippen molar-refractivity contribution in [1.29, 1.82) is 0 Å². The summed E-state index contributed by atoms with van der Waals surface area (Å²) in [4.78, 5) is 24.9. The van der Waals surface area contributed by atoms with Crippen LogP contribution in [0, 0.1) is 17.8 Å². The first-order chi connectivity index (χ1) is 12.4. The number of para-hydroxylation sites is 1. The van der Waals surface area contributed by atoms with Gasteiger partial charge in [-0.2, -0.15) is 0 Å². The van der Waals surface area contributed by atoms with Gasteiger partial charge in [0.15, 0.2) is 0 Å². The highest BCUT2D eigenvalue weighted by Crippen LogP contribution is 2.31. The molecule has 0 heterocycles. The van der Waals surface area contributed by atoms with E-state index in [1.54, 1.807) is 0 Å². The molecule has 2 N–H and O–H groups in total. The monoisotopic (exact) mass is 358 g/mol. The van der Waals surface area contributed by atoms with Crippen molar-refractivity contribution in [3.63, 3.8) is 0 Å². The molecule has 26 heavy (non-hydrogen) atoms. The van der Waals surface area contributed by atoms with Crippen LogP contribution in [0.1, 0.15) is 71.3 Å². The van der Waals surface area contributed by atoms with Crippen LogP contribution in [0.15, 0.2) is 24.3 Å². The highest BCUT2D eigenvalue weighted by molar-refractivity contribution is 5.93. The summed E-state index contributed by atoms with van der Waals surface area (Å²) in [6, 6.07) is 8.01. The van der Waals surface area contributed by atoms with Gasteiger partial charge in [0.2, 0.25) is 11.8 Å². The van der Waals surface area contributed by atoms with Crippen molar-refractivity contribution in [2.75, 3.05) is 11.9 Å². The third-order valence-electron chi connectivity index (χ3n) is 5.33. The van der Waals surface area contributed by atoms with E-state index in [1.807, 2.05) is 18.2 Å². The molecule has 2 rings (SSSR count). The molecule has 0 atom stereocenters. The van der Waals surface area contributed by atoms with Crippen LogP contribution in [-0.2, 0) is 9.59 Å². The maximum atomic E-state index is 12.7. The summed E-state index contributed by atoms with van der Waals surface area (Å²) in [5.74, 6) is 1.30. The van der Waals surface area contributed by atoms with Gasteiger partial charge in [0.25, 0.3) is 0 Å². The van der Waals surface area contributed by atoms with E-state index in [1.165, 1.54) is 5.56 Å². The molecule has 4 nitrogen and oxygen atoms in total. The molecule has 2 amide bonds. The SMILES string of the molecule is CC(C)CCNC(=O)C1CCC(C(=O)Nc2ccccc2C(C)C)CC1. The lowest BCUT2D eigenvalue weighted by molar-refractivity contribution is -0.128. The Morgan fingerprint density at radius 3 is 2.12 bits per heavy atom. The lowest BCUT2D eigenvalue weighted by atomic mass is 9.81. The lowest BCUT2D eigenvalue weighted by Gasteiger charge is -2.27. The molecule has 1 saturated carbocycles. The first-order valence-electron chi connectivity index (χ1n) is 10.1. The topological polar surface area (TPSA) is 58.2 Å². The predicted molar refractivity (Wildman–Crippen MR) is 107 cm³/mol. The molecule has 144 valence electrons. The molecule has 0 spiro atoms. The van der Waals surface area contributed by atoms with Crippen molar-refractivity contribution in [1.82, 2.24) is 5.32 Å². The van der Waals surface area contributed by atoms with Gasteiger partial charge in [0.05, 0.1) is 0 Å². The second kappa shape index (κ2) is 9.75. The average molecular weight is 359 g/mol. The second-order valence-electron chi connectivity index (χ2n) is 8.25. The lowest BCUT2D eigenvalue weighted by Crippen LogP contribution is -2.36. The maximum absolute atomic E-state index is 12.7. The van der Waals surface area contributed by atoms with Crippen LogP contribution in [0.2, 0.25) is 0 Å². The van der Waals surface area contributed by atoms with E-state index >= 15 is 0 Å². The van der Waals surface area contributed by atoms with Crippen LogP contribution in [0.5, 0.6) is 0 Å². The molecule has 0 unspecified atom stereocenters. The highest BCUT2D eigenvalue weighted by Gasteiger charge is 2.30. The number of rotatable bonds is 7. The molecule has 0 bridgehead atoms. The number of nitrogens with one attached hydrogen (secondary N) is 2. The van der Waals surface area contributed by atoms with Crippen LogP contribution < -0.4 is 10.6 Å². The third kappa shape index (κ3) is 5.86. The molecule has 0 saturated heterocycles. The van der Waals surface area contributed by atoms with Crippen molar-refractivity contribution >= 4 is 17.5 Å². The Hall–Kier alpha value is -1.84. The van der Waals surface area contributed by atoms with Crippen LogP contribution in [0.25, 0.3) is 0 Å². The molecular weight excluding hydrogens is 324 g/mol. The number of anilines is 1. The minimum absolute atomic E-state index is 0.00920. The molecule has 1 aromatic rings. The number of hydrogen-bond donors (Lipinski definition) is 2. The average Bonchev–Trinajstić information content (AvgIpc) is 2.61. The van der Waals surface area contributed by atoms with E-state index in [9.17, 15) is 9.59 Å². The summed E-state index contributed by atoms with van der Waals surface area (Å²) < 4.78 is 0. The number of benzene rings is 1. The Labute approximate surface area is 158 Å². The normalized spacial score (nSPS) is 20.2. The van der Waals surface area contributed by atoms with Crippen molar-refractivity contribution in [2.24, 2.45) is 17.8 Å². The summed E-state index contributed by atoms with van der Waals surface area (Å²) in [6.45, 7) is 9.34. The van der Waals surface area contributed by atoms with Gasteiger partial charge < -0.3 is 10.6 Å². The minimum atomic E-state index is 0.00920. The fourth-order valence-corrected chi connectivity index (χ4v) is 3.60. The van der Waals surface area contributed by atoms with Crippen molar-refractivity contribution < 1.29 is 9.59 Å². The fraction of sp³-hybridized carbons (Fsp3) is 0.636. The number of carbonyl (C=O) groups is 2. The highest BCUT2D eigenvalue weighted by atomic mass is 16.2. The van der Waals surface area contributed by atoms with Gasteiger partial charge in [-0.1, -0.05) is 45.9 Å². The van der Waals surface area contributed by atoms with E-state index in [0.717, 1.165) is 44.3 Å². The Kier molecular flexibility index (Phi) is 7.67. The van der Waals surface area contributed by atoms with Gasteiger partial charge in [-0.05, 0) is 55.6 Å². The molecule has 1 aliphatic carbocycles. The van der Waals surface area contributed by atoms with Crippen LogP contribution >= 0.6 is 0 Å². The van der Waals surface area contributed by atoms with Crippen molar-refractivity contribution in [3.8, 4) is 0 Å². The first-order valence-corrected chi connectivity index (χ1v) is 10.1. The Bertz CT molecular complexity index is 602. The van der Waals surface area contributed by atoms with Gasteiger partial charge in [-0.15, -0.1) is 0 Å². The summed E-state index contributed by atoms with van der Waals surface area (Å²) in [5, 5.41) is 6.16. The van der Waals surface area contributed by atoms with Gasteiger partial charge in [0.1, 0.15) is 0 Å². The number of carbonyl (C=O) groups excluding carboxylic acids is 2. The molecule has 0 radical (unpaired) electrons. The largest absolute Gasteiger partial charge is 0.356 e.